The van der Waals surface area contributed by atoms with Crippen LogP contribution in [-0.4, -0.2) is 74.7 Å². The lowest BCUT2D eigenvalue weighted by Crippen LogP contribution is -2.71. The number of hydroxylamine groups is 2. The first-order valence-corrected chi connectivity index (χ1v) is 22.4. The zero-order chi connectivity index (χ0) is 38.3. The Balaban J connectivity index is 1.42. The van der Waals surface area contributed by atoms with Gasteiger partial charge in [0.05, 0.1) is 13.2 Å². The third-order valence-corrected chi connectivity index (χ3v) is 20.8. The highest BCUT2D eigenvalue weighted by atomic mass is 28.5. The maximum atomic E-state index is 13.9. The number of aryl methyl sites for hydroxylation is 1. The van der Waals surface area contributed by atoms with E-state index in [0.717, 1.165) is 5.56 Å². The number of nitrogens with zero attached hydrogens (tertiary/aromatic N) is 3. The van der Waals surface area contributed by atoms with Crippen LogP contribution in [-0.2, 0) is 33.9 Å². The summed E-state index contributed by atoms with van der Waals surface area (Å²) in [5.41, 5.74) is -0.0151. The molecule has 0 spiro atoms. The topological polar surface area (TPSA) is 140 Å². The SMILES string of the molecule is Cc1cn([C@@H]2O[C@]34CO[Si](C(C)C)(C(C)C)O[Si](C(C)C)(C(C)C)OC3[C@@H]2ON(C(=O)OCc2ccccc2)C4)c(=O)nc1NC(=O)c1ccccc1. The molecule has 3 aliphatic rings. The Hall–Kier alpha value is -3.71. The molecule has 0 radical (unpaired) electrons. The quantitative estimate of drug-likeness (QED) is 0.227. The molecule has 13 nitrogen and oxygen atoms in total. The second kappa shape index (κ2) is 15.2. The van der Waals surface area contributed by atoms with Crippen molar-refractivity contribution < 1.29 is 36.9 Å². The third kappa shape index (κ3) is 7.27. The minimum Gasteiger partial charge on any atom is -0.443 e. The summed E-state index contributed by atoms with van der Waals surface area (Å²) in [4.78, 5) is 51.4. The fourth-order valence-electron chi connectivity index (χ4n) is 7.73. The average Bonchev–Trinajstić information content (AvgIpc) is 3.27. The van der Waals surface area contributed by atoms with Gasteiger partial charge in [-0.3, -0.25) is 14.2 Å². The Morgan fingerprint density at radius 2 is 1.53 bits per heavy atom. The smallest absolute Gasteiger partial charge is 0.434 e. The van der Waals surface area contributed by atoms with Gasteiger partial charge in [-0.2, -0.15) is 10.0 Å². The molecule has 3 saturated heterocycles. The van der Waals surface area contributed by atoms with E-state index in [4.69, 9.17) is 27.3 Å². The molecule has 4 heterocycles. The van der Waals surface area contributed by atoms with E-state index in [0.29, 0.717) is 11.1 Å². The molecule has 2 aromatic carbocycles. The molecule has 53 heavy (non-hydrogen) atoms. The number of carbonyl (C=O) groups excluding carboxylic acids is 2. The minimum absolute atomic E-state index is 0.0106. The molecule has 15 heteroatoms. The summed E-state index contributed by atoms with van der Waals surface area (Å²) in [5, 5.41) is 3.92. The Kier molecular flexibility index (Phi) is 11.2. The molecule has 0 saturated carbocycles. The van der Waals surface area contributed by atoms with Gasteiger partial charge >= 0.3 is 28.9 Å². The van der Waals surface area contributed by atoms with Crippen molar-refractivity contribution in [3.05, 3.63) is 94.0 Å². The first-order valence-electron chi connectivity index (χ1n) is 18.4. The standard InChI is InChI=1S/C38H52N4O9Si2/c1-24(2)52(25(3)4)47-23-38-22-42(37(45)46-21-29-16-12-10-13-17-29)49-31(32(38)50-53(51-52,26(5)6)27(7)8)35(48-38)41-20-28(9)33(40-36(41)44)39-34(43)30-18-14-11-15-19-30/h10-20,24-27,31-32,35H,21-23H2,1-9H3,(H,39,40,43,44)/t31-,32?,35+,38+/m0/s1. The molecule has 3 fully saturated rings. The van der Waals surface area contributed by atoms with Crippen molar-refractivity contribution in [2.45, 2.75) is 115 Å². The van der Waals surface area contributed by atoms with Crippen molar-refractivity contribution in [2.75, 3.05) is 18.5 Å². The van der Waals surface area contributed by atoms with Crippen molar-refractivity contribution in [2.24, 2.45) is 0 Å². The lowest BCUT2D eigenvalue weighted by molar-refractivity contribution is -0.249. The molecular formula is C38H52N4O9Si2. The molecule has 0 aliphatic carbocycles. The molecule has 1 aromatic heterocycles. The van der Waals surface area contributed by atoms with Gasteiger partial charge in [0.1, 0.15) is 24.1 Å². The van der Waals surface area contributed by atoms with E-state index in [1.165, 1.54) is 9.63 Å². The van der Waals surface area contributed by atoms with Crippen molar-refractivity contribution in [1.29, 1.82) is 0 Å². The largest absolute Gasteiger partial charge is 0.443 e. The van der Waals surface area contributed by atoms with Crippen LogP contribution in [0.25, 0.3) is 0 Å². The number of anilines is 1. The summed E-state index contributed by atoms with van der Waals surface area (Å²) in [6, 6.07) is 18.1. The number of hydrogen-bond donors (Lipinski definition) is 1. The van der Waals surface area contributed by atoms with Crippen LogP contribution < -0.4 is 11.0 Å². The Labute approximate surface area is 313 Å². The number of benzene rings is 2. The van der Waals surface area contributed by atoms with Gasteiger partial charge in [-0.05, 0) is 46.8 Å². The highest BCUT2D eigenvalue weighted by molar-refractivity contribution is 6.84. The number of aromatic nitrogens is 2. The number of carbonyl (C=O) groups is 2. The Morgan fingerprint density at radius 3 is 2.13 bits per heavy atom. The van der Waals surface area contributed by atoms with Crippen LogP contribution >= 0.6 is 0 Å². The summed E-state index contributed by atoms with van der Waals surface area (Å²) in [7, 11) is -6.19. The third-order valence-electron chi connectivity index (χ3n) is 10.6. The zero-order valence-corrected chi connectivity index (χ0v) is 34.0. The summed E-state index contributed by atoms with van der Waals surface area (Å²) >= 11 is 0. The number of nitrogens with one attached hydrogen (secondary N) is 1. The Morgan fingerprint density at radius 1 is 0.925 bits per heavy atom. The summed E-state index contributed by atoms with van der Waals surface area (Å²) in [6.07, 6.45) is -1.97. The second-order valence-electron chi connectivity index (χ2n) is 15.5. The first-order chi connectivity index (χ1) is 25.1. The van der Waals surface area contributed by atoms with Crippen LogP contribution in [0, 0.1) is 6.92 Å². The van der Waals surface area contributed by atoms with Gasteiger partial charge in [0.15, 0.2) is 12.3 Å². The van der Waals surface area contributed by atoms with Gasteiger partial charge in [-0.15, -0.1) is 0 Å². The highest BCUT2D eigenvalue weighted by Crippen LogP contribution is 2.53. The lowest BCUT2D eigenvalue weighted by Gasteiger charge is -2.55. The zero-order valence-electron chi connectivity index (χ0n) is 32.0. The van der Waals surface area contributed by atoms with Gasteiger partial charge in [0, 0.05) is 17.3 Å². The number of rotatable bonds is 9. The van der Waals surface area contributed by atoms with E-state index < -0.39 is 58.8 Å². The fraction of sp³-hybridized carbons (Fsp3) is 0.526. The highest BCUT2D eigenvalue weighted by Gasteiger charge is 2.69. The van der Waals surface area contributed by atoms with Crippen LogP contribution in [0.2, 0.25) is 22.2 Å². The molecule has 2 amide bonds. The first kappa shape index (κ1) is 39.0. The average molecular weight is 765 g/mol. The molecular weight excluding hydrogens is 713 g/mol. The number of ether oxygens (including phenoxy) is 2. The van der Waals surface area contributed by atoms with Gasteiger partial charge in [-0.25, -0.2) is 9.59 Å². The molecule has 3 aromatic rings. The molecule has 1 unspecified atom stereocenters. The van der Waals surface area contributed by atoms with Crippen LogP contribution in [0.3, 0.4) is 0 Å². The van der Waals surface area contributed by atoms with Gasteiger partial charge in [-0.1, -0.05) is 104 Å². The van der Waals surface area contributed by atoms with Gasteiger partial charge < -0.3 is 27.8 Å². The van der Waals surface area contributed by atoms with E-state index >= 15 is 0 Å². The molecule has 2 bridgehead atoms. The summed E-state index contributed by atoms with van der Waals surface area (Å²) < 4.78 is 36.0. The number of hydrogen-bond acceptors (Lipinski definition) is 10. The Bertz CT molecular complexity index is 1830. The van der Waals surface area contributed by atoms with Gasteiger partial charge in [0.2, 0.25) is 0 Å². The fourth-order valence-corrected chi connectivity index (χ4v) is 19.0. The minimum atomic E-state index is -3.17. The summed E-state index contributed by atoms with van der Waals surface area (Å²) in [5.74, 6) is -0.269. The lowest BCUT2D eigenvalue weighted by atomic mass is 9.94. The van der Waals surface area contributed by atoms with Crippen LogP contribution in [0.4, 0.5) is 10.6 Å². The van der Waals surface area contributed by atoms with Gasteiger partial charge in [0.25, 0.3) is 5.91 Å². The predicted octanol–water partition coefficient (Wildman–Crippen LogP) is 6.98. The van der Waals surface area contributed by atoms with Crippen molar-refractivity contribution >= 4 is 34.9 Å². The van der Waals surface area contributed by atoms with Crippen molar-refractivity contribution in [1.82, 2.24) is 14.6 Å². The number of amides is 2. The van der Waals surface area contributed by atoms with E-state index in [1.54, 1.807) is 37.4 Å². The molecule has 1 N–H and O–H groups in total. The summed E-state index contributed by atoms with van der Waals surface area (Å²) in [6.45, 7) is 18.8. The van der Waals surface area contributed by atoms with E-state index in [-0.39, 0.29) is 47.7 Å². The maximum absolute atomic E-state index is 13.9. The van der Waals surface area contributed by atoms with Crippen LogP contribution in [0.5, 0.6) is 0 Å². The van der Waals surface area contributed by atoms with Crippen LogP contribution in [0.1, 0.15) is 83.1 Å². The molecule has 6 rings (SSSR count). The normalized spacial score (nSPS) is 24.9. The van der Waals surface area contributed by atoms with Crippen molar-refractivity contribution in [3.63, 3.8) is 0 Å². The van der Waals surface area contributed by atoms with Crippen molar-refractivity contribution in [3.8, 4) is 0 Å². The predicted molar refractivity (Wildman–Crippen MR) is 202 cm³/mol. The molecule has 286 valence electrons. The maximum Gasteiger partial charge on any atom is 0.434 e. The molecule has 4 atom stereocenters. The van der Waals surface area contributed by atoms with E-state index in [9.17, 15) is 14.4 Å². The monoisotopic (exact) mass is 764 g/mol. The van der Waals surface area contributed by atoms with Crippen LogP contribution in [0.15, 0.2) is 71.7 Å². The van der Waals surface area contributed by atoms with E-state index in [1.807, 2.05) is 36.4 Å². The molecule has 3 aliphatic heterocycles. The second-order valence-corrected chi connectivity index (χ2v) is 24.3. The van der Waals surface area contributed by atoms with E-state index in [2.05, 4.69) is 65.7 Å².